The molecule has 0 radical (unpaired) electrons. The van der Waals surface area contributed by atoms with Crippen LogP contribution in [0.3, 0.4) is 0 Å². The lowest BCUT2D eigenvalue weighted by Crippen LogP contribution is -2.43. The van der Waals surface area contributed by atoms with Crippen molar-refractivity contribution in [3.63, 3.8) is 0 Å². The summed E-state index contributed by atoms with van der Waals surface area (Å²) in [5, 5.41) is 7.01. The highest BCUT2D eigenvalue weighted by molar-refractivity contribution is 5.98. The predicted molar refractivity (Wildman–Crippen MR) is 101 cm³/mol. The van der Waals surface area contributed by atoms with Crippen molar-refractivity contribution in [2.75, 3.05) is 26.2 Å². The van der Waals surface area contributed by atoms with E-state index in [1.165, 1.54) is 22.3 Å². The molecular formula is C21H27N3. The Kier molecular flexibility index (Phi) is 5.31. The van der Waals surface area contributed by atoms with Gasteiger partial charge in [-0.15, -0.1) is 0 Å². The van der Waals surface area contributed by atoms with Gasteiger partial charge in [0.05, 0.1) is 5.71 Å². The van der Waals surface area contributed by atoms with Gasteiger partial charge >= 0.3 is 0 Å². The Morgan fingerprint density at radius 1 is 0.958 bits per heavy atom. The third-order valence-electron chi connectivity index (χ3n) is 4.72. The molecule has 2 aromatic rings. The molecule has 126 valence electrons. The maximum atomic E-state index is 4.80. The molecule has 1 aliphatic heterocycles. The number of hydrazone groups is 1. The molecule has 24 heavy (non-hydrogen) atoms. The van der Waals surface area contributed by atoms with Crippen molar-refractivity contribution in [1.29, 1.82) is 0 Å². The normalized spacial score (nSPS) is 16.5. The van der Waals surface area contributed by atoms with Crippen LogP contribution in [0.25, 0.3) is 0 Å². The van der Waals surface area contributed by atoms with Crippen molar-refractivity contribution in [1.82, 2.24) is 9.91 Å². The molecule has 0 aromatic heterocycles. The molecule has 2 aromatic carbocycles. The van der Waals surface area contributed by atoms with Crippen LogP contribution in [0.4, 0.5) is 0 Å². The molecule has 0 unspecified atom stereocenters. The van der Waals surface area contributed by atoms with Gasteiger partial charge in [-0.2, -0.15) is 5.10 Å². The zero-order chi connectivity index (χ0) is 16.9. The Morgan fingerprint density at radius 3 is 2.33 bits per heavy atom. The summed E-state index contributed by atoms with van der Waals surface area (Å²) in [5.74, 6) is 0. The van der Waals surface area contributed by atoms with Crippen LogP contribution < -0.4 is 0 Å². The van der Waals surface area contributed by atoms with Gasteiger partial charge in [0.1, 0.15) is 0 Å². The van der Waals surface area contributed by atoms with Gasteiger partial charge in [0, 0.05) is 32.7 Å². The molecule has 0 aliphatic carbocycles. The number of nitrogens with zero attached hydrogens (tertiary/aromatic N) is 3. The van der Waals surface area contributed by atoms with E-state index in [1.54, 1.807) is 0 Å². The van der Waals surface area contributed by atoms with E-state index in [4.69, 9.17) is 5.10 Å². The zero-order valence-corrected chi connectivity index (χ0v) is 15.0. The first-order valence-corrected chi connectivity index (χ1v) is 8.76. The van der Waals surface area contributed by atoms with Gasteiger partial charge in [-0.3, -0.25) is 9.91 Å². The molecule has 1 saturated heterocycles. The summed E-state index contributed by atoms with van der Waals surface area (Å²) in [7, 11) is 0. The van der Waals surface area contributed by atoms with Gasteiger partial charge in [0.25, 0.3) is 0 Å². The standard InChI is InChI=1S/C21H27N3/c1-17-9-10-21(18(2)15-17)16-23-11-13-24(14-12-23)22-19(3)20-7-5-4-6-8-20/h4-10,15H,11-14,16H2,1-3H3/b22-19+. The van der Waals surface area contributed by atoms with Crippen LogP contribution in [0, 0.1) is 13.8 Å². The van der Waals surface area contributed by atoms with Crippen LogP contribution in [0.2, 0.25) is 0 Å². The SMILES string of the molecule is C/C(=N\N1CCN(Cc2ccc(C)cc2C)CC1)c1ccccc1. The minimum Gasteiger partial charge on any atom is -0.295 e. The second kappa shape index (κ2) is 7.63. The quantitative estimate of drug-likeness (QED) is 0.797. The van der Waals surface area contributed by atoms with Crippen LogP contribution in [0.1, 0.15) is 29.2 Å². The highest BCUT2D eigenvalue weighted by Gasteiger charge is 2.16. The maximum absolute atomic E-state index is 4.80. The summed E-state index contributed by atoms with van der Waals surface area (Å²) in [4.78, 5) is 2.53. The smallest absolute Gasteiger partial charge is 0.0646 e. The summed E-state index contributed by atoms with van der Waals surface area (Å²) in [6, 6.07) is 17.2. The maximum Gasteiger partial charge on any atom is 0.0646 e. The Morgan fingerprint density at radius 2 is 1.67 bits per heavy atom. The van der Waals surface area contributed by atoms with Crippen molar-refractivity contribution < 1.29 is 0 Å². The fourth-order valence-corrected chi connectivity index (χ4v) is 3.21. The van der Waals surface area contributed by atoms with E-state index in [0.717, 1.165) is 38.4 Å². The zero-order valence-electron chi connectivity index (χ0n) is 15.0. The minimum absolute atomic E-state index is 0.995. The highest BCUT2D eigenvalue weighted by Crippen LogP contribution is 2.15. The fraction of sp³-hybridized carbons (Fsp3) is 0.381. The monoisotopic (exact) mass is 321 g/mol. The lowest BCUT2D eigenvalue weighted by Gasteiger charge is -2.33. The van der Waals surface area contributed by atoms with Crippen LogP contribution >= 0.6 is 0 Å². The van der Waals surface area contributed by atoms with Gasteiger partial charge in [0.2, 0.25) is 0 Å². The first kappa shape index (κ1) is 16.7. The van der Waals surface area contributed by atoms with E-state index in [-0.39, 0.29) is 0 Å². The molecule has 3 rings (SSSR count). The summed E-state index contributed by atoms with van der Waals surface area (Å²) >= 11 is 0. The highest BCUT2D eigenvalue weighted by atomic mass is 15.5. The third kappa shape index (κ3) is 4.24. The summed E-state index contributed by atoms with van der Waals surface area (Å²) in [6.45, 7) is 11.6. The van der Waals surface area contributed by atoms with E-state index in [9.17, 15) is 0 Å². The van der Waals surface area contributed by atoms with E-state index in [2.05, 4.69) is 73.1 Å². The third-order valence-corrected chi connectivity index (χ3v) is 4.72. The number of benzene rings is 2. The topological polar surface area (TPSA) is 18.8 Å². The van der Waals surface area contributed by atoms with Gasteiger partial charge in [-0.25, -0.2) is 0 Å². The van der Waals surface area contributed by atoms with Crippen LogP contribution in [-0.4, -0.2) is 41.8 Å². The predicted octanol–water partition coefficient (Wildman–Crippen LogP) is 3.85. The minimum atomic E-state index is 0.995. The largest absolute Gasteiger partial charge is 0.295 e. The van der Waals surface area contributed by atoms with Crippen LogP contribution in [0.5, 0.6) is 0 Å². The number of rotatable bonds is 4. The number of aryl methyl sites for hydroxylation is 2. The average Bonchev–Trinajstić information content (AvgIpc) is 2.60. The summed E-state index contributed by atoms with van der Waals surface area (Å²) in [5.41, 5.74) is 6.48. The molecule has 1 aliphatic rings. The number of hydrogen-bond donors (Lipinski definition) is 0. The number of hydrogen-bond acceptors (Lipinski definition) is 3. The van der Waals surface area contributed by atoms with Crippen LogP contribution in [-0.2, 0) is 6.54 Å². The molecule has 0 bridgehead atoms. The summed E-state index contributed by atoms with van der Waals surface area (Å²) < 4.78 is 0. The number of piperazine rings is 1. The molecule has 0 amide bonds. The summed E-state index contributed by atoms with van der Waals surface area (Å²) in [6.07, 6.45) is 0. The molecule has 3 heteroatoms. The van der Waals surface area contributed by atoms with Crippen molar-refractivity contribution in [2.24, 2.45) is 5.10 Å². The Labute approximate surface area is 145 Å². The van der Waals surface area contributed by atoms with E-state index < -0.39 is 0 Å². The average molecular weight is 321 g/mol. The Bertz CT molecular complexity index is 698. The van der Waals surface area contributed by atoms with E-state index >= 15 is 0 Å². The first-order valence-electron chi connectivity index (χ1n) is 8.76. The van der Waals surface area contributed by atoms with E-state index in [0.29, 0.717) is 0 Å². The molecule has 1 fully saturated rings. The van der Waals surface area contributed by atoms with Crippen molar-refractivity contribution in [3.05, 3.63) is 70.8 Å². The Balaban J connectivity index is 1.56. The van der Waals surface area contributed by atoms with Crippen molar-refractivity contribution in [2.45, 2.75) is 27.3 Å². The Hall–Kier alpha value is -2.13. The second-order valence-corrected chi connectivity index (χ2v) is 6.71. The first-order chi connectivity index (χ1) is 11.6. The van der Waals surface area contributed by atoms with Gasteiger partial charge < -0.3 is 0 Å². The lowest BCUT2D eigenvalue weighted by atomic mass is 10.1. The van der Waals surface area contributed by atoms with Gasteiger partial charge in [-0.1, -0.05) is 54.1 Å². The fourth-order valence-electron chi connectivity index (χ4n) is 3.21. The molecule has 1 heterocycles. The van der Waals surface area contributed by atoms with E-state index in [1.807, 2.05) is 6.07 Å². The van der Waals surface area contributed by atoms with Crippen LogP contribution in [0.15, 0.2) is 53.6 Å². The molecule has 0 N–H and O–H groups in total. The van der Waals surface area contributed by atoms with Crippen molar-refractivity contribution in [3.8, 4) is 0 Å². The van der Waals surface area contributed by atoms with Crippen molar-refractivity contribution >= 4 is 5.71 Å². The molecule has 0 saturated carbocycles. The molecule has 0 spiro atoms. The van der Waals surface area contributed by atoms with Gasteiger partial charge in [0.15, 0.2) is 0 Å². The molecule has 0 atom stereocenters. The van der Waals surface area contributed by atoms with Gasteiger partial charge in [-0.05, 0) is 37.5 Å². The molecule has 3 nitrogen and oxygen atoms in total. The second-order valence-electron chi connectivity index (χ2n) is 6.71. The molecular weight excluding hydrogens is 294 g/mol. The lowest BCUT2D eigenvalue weighted by molar-refractivity contribution is 0.130.